The van der Waals surface area contributed by atoms with Crippen molar-refractivity contribution in [1.82, 2.24) is 4.90 Å². The molecule has 1 saturated heterocycles. The van der Waals surface area contributed by atoms with Gasteiger partial charge in [-0.2, -0.15) is 0 Å². The predicted molar refractivity (Wildman–Crippen MR) is 132 cm³/mol. The molecule has 0 saturated carbocycles. The fourth-order valence-electron chi connectivity index (χ4n) is 4.36. The van der Waals surface area contributed by atoms with Gasteiger partial charge < -0.3 is 15.2 Å². The number of likely N-dealkylation sites (tertiary alicyclic amines) is 1. The van der Waals surface area contributed by atoms with Gasteiger partial charge in [-0.25, -0.2) is 14.0 Å². The summed E-state index contributed by atoms with van der Waals surface area (Å²) in [6, 6.07) is 21.4. The van der Waals surface area contributed by atoms with Crippen molar-refractivity contribution in [2.24, 2.45) is 5.92 Å². The Bertz CT molecular complexity index is 1200. The molecule has 0 bridgehead atoms. The second-order valence-electron chi connectivity index (χ2n) is 8.90. The van der Waals surface area contributed by atoms with Crippen LogP contribution in [-0.2, 0) is 33.8 Å². The molecule has 3 aromatic rings. The molecule has 7 nitrogen and oxygen atoms in total. The van der Waals surface area contributed by atoms with Gasteiger partial charge in [0.2, 0.25) is 5.91 Å². The lowest BCUT2D eigenvalue weighted by atomic mass is 9.97. The fraction of sp³-hybridized carbons (Fsp3) is 0.250. The van der Waals surface area contributed by atoms with Crippen LogP contribution >= 0.6 is 0 Å². The molecule has 3 aromatic carbocycles. The Morgan fingerprint density at radius 2 is 1.58 bits per heavy atom. The number of amides is 2. The Morgan fingerprint density at radius 1 is 0.917 bits per heavy atom. The lowest BCUT2D eigenvalue weighted by molar-refractivity contribution is -0.141. The molecule has 1 fully saturated rings. The van der Waals surface area contributed by atoms with Crippen molar-refractivity contribution in [1.29, 1.82) is 0 Å². The van der Waals surface area contributed by atoms with E-state index >= 15 is 0 Å². The van der Waals surface area contributed by atoms with Crippen LogP contribution in [0.15, 0.2) is 78.9 Å². The molecule has 2 atom stereocenters. The molecule has 186 valence electrons. The van der Waals surface area contributed by atoms with Gasteiger partial charge in [-0.05, 0) is 59.7 Å². The van der Waals surface area contributed by atoms with E-state index in [0.717, 1.165) is 5.56 Å². The number of nitrogens with zero attached hydrogens (tertiary/aromatic N) is 1. The van der Waals surface area contributed by atoms with E-state index in [0.29, 0.717) is 36.2 Å². The number of carboxylic acids is 1. The zero-order valence-corrected chi connectivity index (χ0v) is 19.6. The fourth-order valence-corrected chi connectivity index (χ4v) is 4.36. The molecule has 1 aliphatic heterocycles. The third-order valence-electron chi connectivity index (χ3n) is 6.15. The van der Waals surface area contributed by atoms with Gasteiger partial charge in [0.25, 0.3) is 0 Å². The van der Waals surface area contributed by atoms with Gasteiger partial charge >= 0.3 is 12.1 Å². The van der Waals surface area contributed by atoms with Crippen LogP contribution in [0.1, 0.15) is 23.1 Å². The maximum Gasteiger partial charge on any atom is 0.410 e. The SMILES string of the molecule is O=C(Cc1ccc(F)cc1)Nc1ccc(COC(=O)N2C[C@H](Cc3ccccc3)C[C@H]2C(=O)O)cc1. The van der Waals surface area contributed by atoms with Gasteiger partial charge in [0.05, 0.1) is 6.42 Å². The van der Waals surface area contributed by atoms with Crippen LogP contribution in [0.5, 0.6) is 0 Å². The van der Waals surface area contributed by atoms with Gasteiger partial charge in [-0.3, -0.25) is 9.69 Å². The third-order valence-corrected chi connectivity index (χ3v) is 6.15. The van der Waals surface area contributed by atoms with Gasteiger partial charge in [0, 0.05) is 12.2 Å². The summed E-state index contributed by atoms with van der Waals surface area (Å²) in [5, 5.41) is 12.4. The van der Waals surface area contributed by atoms with Crippen molar-refractivity contribution in [2.75, 3.05) is 11.9 Å². The highest BCUT2D eigenvalue weighted by Crippen LogP contribution is 2.27. The standard InChI is InChI=1S/C28H27FN2O5/c29-23-10-6-20(7-11-23)16-26(32)30-24-12-8-21(9-13-24)18-36-28(35)31-17-22(15-25(31)27(33)34)14-19-4-2-1-3-5-19/h1-13,22,25H,14-18H2,(H,30,32)(H,33,34)/t22-,25+/m1/s1. The van der Waals surface area contributed by atoms with Crippen LogP contribution in [-0.4, -0.2) is 40.6 Å². The number of hydrogen-bond acceptors (Lipinski definition) is 4. The van der Waals surface area contributed by atoms with Crippen LogP contribution in [0, 0.1) is 11.7 Å². The number of rotatable bonds is 8. The van der Waals surface area contributed by atoms with Crippen LogP contribution in [0.3, 0.4) is 0 Å². The number of benzene rings is 3. The largest absolute Gasteiger partial charge is 0.480 e. The van der Waals surface area contributed by atoms with Crippen molar-refractivity contribution < 1.29 is 28.6 Å². The smallest absolute Gasteiger partial charge is 0.410 e. The van der Waals surface area contributed by atoms with E-state index < -0.39 is 18.1 Å². The lowest BCUT2D eigenvalue weighted by Gasteiger charge is -2.21. The minimum atomic E-state index is -1.04. The van der Waals surface area contributed by atoms with E-state index in [1.807, 2.05) is 30.3 Å². The van der Waals surface area contributed by atoms with Crippen LogP contribution < -0.4 is 5.32 Å². The van der Waals surface area contributed by atoms with Crippen molar-refractivity contribution in [3.63, 3.8) is 0 Å². The lowest BCUT2D eigenvalue weighted by Crippen LogP contribution is -2.40. The highest BCUT2D eigenvalue weighted by molar-refractivity contribution is 5.92. The first kappa shape index (κ1) is 24.9. The molecule has 1 aliphatic rings. The van der Waals surface area contributed by atoms with Gasteiger partial charge in [0.15, 0.2) is 0 Å². The van der Waals surface area contributed by atoms with Gasteiger partial charge in [-0.15, -0.1) is 0 Å². The molecule has 2 N–H and O–H groups in total. The molecule has 4 rings (SSSR count). The number of anilines is 1. The summed E-state index contributed by atoms with van der Waals surface area (Å²) < 4.78 is 18.4. The van der Waals surface area contributed by atoms with Crippen molar-refractivity contribution >= 4 is 23.7 Å². The average molecular weight is 491 g/mol. The van der Waals surface area contributed by atoms with E-state index in [1.54, 1.807) is 36.4 Å². The maximum absolute atomic E-state index is 13.0. The molecule has 36 heavy (non-hydrogen) atoms. The summed E-state index contributed by atoms with van der Waals surface area (Å²) >= 11 is 0. The number of nitrogens with one attached hydrogen (secondary N) is 1. The Morgan fingerprint density at radius 3 is 2.25 bits per heavy atom. The van der Waals surface area contributed by atoms with Gasteiger partial charge in [-0.1, -0.05) is 54.6 Å². The Kier molecular flexibility index (Phi) is 7.95. The number of ether oxygens (including phenoxy) is 1. The Balaban J connectivity index is 1.28. The van der Waals surface area contributed by atoms with Gasteiger partial charge in [0.1, 0.15) is 18.5 Å². The molecular weight excluding hydrogens is 463 g/mol. The first-order chi connectivity index (χ1) is 17.4. The summed E-state index contributed by atoms with van der Waals surface area (Å²) in [6.45, 7) is 0.304. The second-order valence-corrected chi connectivity index (χ2v) is 8.90. The summed E-state index contributed by atoms with van der Waals surface area (Å²) in [5.41, 5.74) is 3.08. The molecule has 0 unspecified atom stereocenters. The average Bonchev–Trinajstić information content (AvgIpc) is 3.30. The summed E-state index contributed by atoms with van der Waals surface area (Å²) in [4.78, 5) is 37.9. The first-order valence-electron chi connectivity index (χ1n) is 11.7. The van der Waals surface area contributed by atoms with Crippen LogP contribution in [0.2, 0.25) is 0 Å². The molecule has 1 heterocycles. The Labute approximate surface area is 208 Å². The summed E-state index contributed by atoms with van der Waals surface area (Å²) in [6.07, 6.45) is 0.537. The van der Waals surface area contributed by atoms with Crippen LogP contribution in [0.25, 0.3) is 0 Å². The highest BCUT2D eigenvalue weighted by Gasteiger charge is 2.40. The monoisotopic (exact) mass is 490 g/mol. The quantitative estimate of drug-likeness (QED) is 0.479. The van der Waals surface area contributed by atoms with E-state index in [2.05, 4.69) is 5.32 Å². The molecular formula is C28H27FN2O5. The third kappa shape index (κ3) is 6.69. The van der Waals surface area contributed by atoms with E-state index in [1.165, 1.54) is 17.0 Å². The molecule has 8 heteroatoms. The minimum Gasteiger partial charge on any atom is -0.480 e. The molecule has 0 spiro atoms. The molecule has 2 amide bonds. The number of carboxylic acid groups (broad SMARTS) is 1. The minimum absolute atomic E-state index is 0.0190. The molecule has 0 radical (unpaired) electrons. The van der Waals surface area contributed by atoms with Crippen LogP contribution in [0.4, 0.5) is 14.9 Å². The summed E-state index contributed by atoms with van der Waals surface area (Å²) in [7, 11) is 0. The zero-order chi connectivity index (χ0) is 25.5. The van der Waals surface area contributed by atoms with Crippen molar-refractivity contribution in [2.45, 2.75) is 31.9 Å². The zero-order valence-electron chi connectivity index (χ0n) is 19.6. The number of hydrogen-bond donors (Lipinski definition) is 2. The maximum atomic E-state index is 13.0. The number of halogens is 1. The highest BCUT2D eigenvalue weighted by atomic mass is 19.1. The molecule has 0 aromatic heterocycles. The van der Waals surface area contributed by atoms with E-state index in [4.69, 9.17) is 4.74 Å². The summed E-state index contributed by atoms with van der Waals surface area (Å²) in [5.74, 6) is -1.59. The normalized spacial score (nSPS) is 17.0. The van der Waals surface area contributed by atoms with E-state index in [-0.39, 0.29) is 30.7 Å². The van der Waals surface area contributed by atoms with Crippen molar-refractivity contribution in [3.05, 3.63) is 101 Å². The second kappa shape index (κ2) is 11.5. The Hall–Kier alpha value is -4.20. The predicted octanol–water partition coefficient (Wildman–Crippen LogP) is 4.66. The number of aliphatic carboxylic acids is 1. The van der Waals surface area contributed by atoms with Crippen molar-refractivity contribution in [3.8, 4) is 0 Å². The molecule has 0 aliphatic carbocycles. The first-order valence-corrected chi connectivity index (χ1v) is 11.7. The van der Waals surface area contributed by atoms with E-state index in [9.17, 15) is 23.9 Å². The number of carbonyl (C=O) groups is 3. The topological polar surface area (TPSA) is 95.9 Å². The number of carbonyl (C=O) groups excluding carboxylic acids is 2.